The van der Waals surface area contributed by atoms with Gasteiger partial charge in [-0.25, -0.2) is 0 Å². The van der Waals surface area contributed by atoms with Crippen molar-refractivity contribution in [2.75, 3.05) is 0 Å². The van der Waals surface area contributed by atoms with Crippen molar-refractivity contribution < 1.29 is 9.53 Å². The third-order valence-corrected chi connectivity index (χ3v) is 3.72. The number of rotatable bonds is 4. The Labute approximate surface area is 130 Å². The molecule has 3 aromatic rings. The molecule has 0 aromatic heterocycles. The van der Waals surface area contributed by atoms with E-state index in [1.165, 1.54) is 12.3 Å². The molecule has 1 atom stereocenters. The Morgan fingerprint density at radius 1 is 0.909 bits per heavy atom. The van der Waals surface area contributed by atoms with Gasteiger partial charge in [-0.05, 0) is 28.0 Å². The minimum Gasteiger partial charge on any atom is -0.457 e. The summed E-state index contributed by atoms with van der Waals surface area (Å²) in [7, 11) is 0. The van der Waals surface area contributed by atoms with Crippen molar-refractivity contribution in [1.82, 2.24) is 0 Å². The van der Waals surface area contributed by atoms with E-state index in [4.69, 9.17) is 4.74 Å². The normalized spacial score (nSPS) is 12.0. The van der Waals surface area contributed by atoms with E-state index in [1.54, 1.807) is 0 Å². The summed E-state index contributed by atoms with van der Waals surface area (Å²) in [6, 6.07) is 24.5. The maximum absolute atomic E-state index is 11.5. The highest BCUT2D eigenvalue weighted by atomic mass is 16.5. The summed E-state index contributed by atoms with van der Waals surface area (Å²) in [5.74, 6) is -0.255. The Kier molecular flexibility index (Phi) is 4.19. The van der Waals surface area contributed by atoms with Crippen molar-refractivity contribution in [2.24, 2.45) is 0 Å². The first-order valence-electron chi connectivity index (χ1n) is 7.42. The molecule has 0 heterocycles. The van der Waals surface area contributed by atoms with Gasteiger partial charge >= 0.3 is 5.97 Å². The van der Waals surface area contributed by atoms with E-state index in [1.807, 2.05) is 36.4 Å². The van der Waals surface area contributed by atoms with Gasteiger partial charge in [0.2, 0.25) is 0 Å². The number of ether oxygens (including phenoxy) is 1. The van der Waals surface area contributed by atoms with Crippen molar-refractivity contribution in [2.45, 2.75) is 19.4 Å². The standard InChI is InChI=1S/C20H18O2/c1-15(21)22-20(13-16-7-3-2-4-8-16)19-12-11-17-9-5-6-10-18(17)14-19/h2-12,14,20H,13H2,1H3. The Morgan fingerprint density at radius 3 is 2.32 bits per heavy atom. The lowest BCUT2D eigenvalue weighted by atomic mass is 9.98. The fourth-order valence-electron chi connectivity index (χ4n) is 2.66. The minimum atomic E-state index is -0.260. The summed E-state index contributed by atoms with van der Waals surface area (Å²) in [5.41, 5.74) is 2.18. The van der Waals surface area contributed by atoms with Gasteiger partial charge in [-0.1, -0.05) is 66.7 Å². The zero-order valence-electron chi connectivity index (χ0n) is 12.5. The molecule has 1 unspecified atom stereocenters. The van der Waals surface area contributed by atoms with Crippen LogP contribution in [0.3, 0.4) is 0 Å². The maximum atomic E-state index is 11.5. The van der Waals surface area contributed by atoms with Gasteiger partial charge in [0, 0.05) is 13.3 Å². The molecule has 0 aliphatic carbocycles. The van der Waals surface area contributed by atoms with Crippen molar-refractivity contribution >= 4 is 16.7 Å². The zero-order valence-corrected chi connectivity index (χ0v) is 12.5. The van der Waals surface area contributed by atoms with Gasteiger partial charge in [-0.15, -0.1) is 0 Å². The molecule has 110 valence electrons. The Bertz CT molecular complexity index is 778. The summed E-state index contributed by atoms with van der Waals surface area (Å²) < 4.78 is 5.55. The molecular weight excluding hydrogens is 272 g/mol. The highest BCUT2D eigenvalue weighted by Gasteiger charge is 2.16. The van der Waals surface area contributed by atoms with Crippen molar-refractivity contribution in [1.29, 1.82) is 0 Å². The van der Waals surface area contributed by atoms with Crippen molar-refractivity contribution in [3.8, 4) is 0 Å². The van der Waals surface area contributed by atoms with Gasteiger partial charge < -0.3 is 4.74 Å². The van der Waals surface area contributed by atoms with Crippen LogP contribution in [-0.2, 0) is 16.0 Å². The molecule has 0 saturated heterocycles. The van der Waals surface area contributed by atoms with E-state index in [-0.39, 0.29) is 12.1 Å². The van der Waals surface area contributed by atoms with Crippen LogP contribution in [0.1, 0.15) is 24.2 Å². The van der Waals surface area contributed by atoms with Crippen LogP contribution in [0.2, 0.25) is 0 Å². The molecule has 0 N–H and O–H groups in total. The molecule has 0 amide bonds. The lowest BCUT2D eigenvalue weighted by molar-refractivity contribution is -0.146. The molecule has 2 nitrogen and oxygen atoms in total. The van der Waals surface area contributed by atoms with E-state index in [9.17, 15) is 4.79 Å². The topological polar surface area (TPSA) is 26.3 Å². The third kappa shape index (κ3) is 3.34. The van der Waals surface area contributed by atoms with Crippen molar-refractivity contribution in [3.05, 3.63) is 83.9 Å². The Balaban J connectivity index is 1.94. The lowest BCUT2D eigenvalue weighted by Gasteiger charge is -2.18. The van der Waals surface area contributed by atoms with Gasteiger partial charge in [0.1, 0.15) is 6.10 Å². The summed E-state index contributed by atoms with van der Waals surface area (Å²) >= 11 is 0. The molecule has 0 fully saturated rings. The second-order valence-corrected chi connectivity index (χ2v) is 5.39. The summed E-state index contributed by atoms with van der Waals surface area (Å²) in [6.07, 6.45) is 0.420. The summed E-state index contributed by atoms with van der Waals surface area (Å²) in [5, 5.41) is 2.35. The smallest absolute Gasteiger partial charge is 0.303 e. The number of hydrogen-bond donors (Lipinski definition) is 0. The van der Waals surface area contributed by atoms with Crippen LogP contribution >= 0.6 is 0 Å². The van der Waals surface area contributed by atoms with Crippen LogP contribution < -0.4 is 0 Å². The molecule has 0 radical (unpaired) electrons. The fourth-order valence-corrected chi connectivity index (χ4v) is 2.66. The first-order valence-corrected chi connectivity index (χ1v) is 7.42. The van der Waals surface area contributed by atoms with Gasteiger partial charge in [0.25, 0.3) is 0 Å². The van der Waals surface area contributed by atoms with E-state index in [0.717, 1.165) is 16.5 Å². The zero-order chi connectivity index (χ0) is 15.4. The van der Waals surface area contributed by atoms with Crippen molar-refractivity contribution in [3.63, 3.8) is 0 Å². The Morgan fingerprint density at radius 2 is 1.59 bits per heavy atom. The number of fused-ring (bicyclic) bond motifs is 1. The second-order valence-electron chi connectivity index (χ2n) is 5.39. The predicted molar refractivity (Wildman–Crippen MR) is 88.6 cm³/mol. The van der Waals surface area contributed by atoms with E-state index in [0.29, 0.717) is 6.42 Å². The predicted octanol–water partition coefficient (Wildman–Crippen LogP) is 4.69. The summed E-state index contributed by atoms with van der Waals surface area (Å²) in [4.78, 5) is 11.5. The van der Waals surface area contributed by atoms with E-state index in [2.05, 4.69) is 36.4 Å². The molecule has 0 saturated carbocycles. The number of hydrogen-bond acceptors (Lipinski definition) is 2. The first kappa shape index (κ1) is 14.3. The average Bonchev–Trinajstić information content (AvgIpc) is 2.54. The molecule has 2 heteroatoms. The molecular formula is C20H18O2. The first-order chi connectivity index (χ1) is 10.7. The van der Waals surface area contributed by atoms with Crippen LogP contribution in [0, 0.1) is 0 Å². The van der Waals surface area contributed by atoms with Crippen LogP contribution in [0.5, 0.6) is 0 Å². The number of carbonyl (C=O) groups excluding carboxylic acids is 1. The molecule has 0 spiro atoms. The van der Waals surface area contributed by atoms with Gasteiger partial charge in [0.15, 0.2) is 0 Å². The highest BCUT2D eigenvalue weighted by molar-refractivity contribution is 5.83. The monoisotopic (exact) mass is 290 g/mol. The Hall–Kier alpha value is -2.61. The van der Waals surface area contributed by atoms with Gasteiger partial charge in [-0.3, -0.25) is 4.79 Å². The minimum absolute atomic E-state index is 0.255. The largest absolute Gasteiger partial charge is 0.457 e. The number of carbonyl (C=O) groups is 1. The number of benzene rings is 3. The lowest BCUT2D eigenvalue weighted by Crippen LogP contribution is -2.11. The van der Waals surface area contributed by atoms with Crippen LogP contribution in [0.15, 0.2) is 72.8 Å². The highest BCUT2D eigenvalue weighted by Crippen LogP contribution is 2.26. The molecule has 0 aliphatic rings. The fraction of sp³-hybridized carbons (Fsp3) is 0.150. The van der Waals surface area contributed by atoms with Crippen LogP contribution in [0.25, 0.3) is 10.8 Å². The molecule has 3 rings (SSSR count). The average molecular weight is 290 g/mol. The van der Waals surface area contributed by atoms with Gasteiger partial charge in [0.05, 0.1) is 0 Å². The quantitative estimate of drug-likeness (QED) is 0.652. The van der Waals surface area contributed by atoms with Gasteiger partial charge in [-0.2, -0.15) is 0 Å². The van der Waals surface area contributed by atoms with Crippen LogP contribution in [0.4, 0.5) is 0 Å². The third-order valence-electron chi connectivity index (χ3n) is 3.72. The SMILES string of the molecule is CC(=O)OC(Cc1ccccc1)c1ccc2ccccc2c1. The molecule has 22 heavy (non-hydrogen) atoms. The van der Waals surface area contributed by atoms with E-state index >= 15 is 0 Å². The van der Waals surface area contributed by atoms with E-state index < -0.39 is 0 Å². The molecule has 3 aromatic carbocycles. The summed E-state index contributed by atoms with van der Waals surface area (Å²) in [6.45, 7) is 1.46. The number of esters is 1. The molecule has 0 aliphatic heterocycles. The second kappa shape index (κ2) is 6.44. The molecule has 0 bridgehead atoms. The van der Waals surface area contributed by atoms with Crippen LogP contribution in [-0.4, -0.2) is 5.97 Å². The maximum Gasteiger partial charge on any atom is 0.303 e.